The summed E-state index contributed by atoms with van der Waals surface area (Å²) in [5, 5.41) is 0. The molecular weight excluding hydrogens is 520 g/mol. The van der Waals surface area contributed by atoms with E-state index in [1.54, 1.807) is 4.90 Å². The zero-order valence-electron chi connectivity index (χ0n) is 24.0. The molecule has 2 amide bonds. The molecule has 2 aromatic carbocycles. The Hall–Kier alpha value is -3.49. The van der Waals surface area contributed by atoms with Crippen LogP contribution in [-0.2, 0) is 41.7 Å². The number of hydrogen-bond acceptors (Lipinski definition) is 6. The number of esters is 1. The molecule has 5 rings (SSSR count). The van der Waals surface area contributed by atoms with Gasteiger partial charge in [-0.1, -0.05) is 60.7 Å². The minimum absolute atomic E-state index is 0.0354. The summed E-state index contributed by atoms with van der Waals surface area (Å²) in [4.78, 5) is 44.7. The van der Waals surface area contributed by atoms with Crippen molar-refractivity contribution in [2.75, 3.05) is 26.8 Å². The molecule has 0 unspecified atom stereocenters. The summed E-state index contributed by atoms with van der Waals surface area (Å²) in [6, 6.07) is 19.6. The second kappa shape index (κ2) is 13.0. The van der Waals surface area contributed by atoms with Crippen LogP contribution in [0.1, 0.15) is 50.2 Å². The van der Waals surface area contributed by atoms with Gasteiger partial charge >= 0.3 is 5.97 Å². The number of carbonyl (C=O) groups is 3. The lowest BCUT2D eigenvalue weighted by Crippen LogP contribution is -2.60. The highest BCUT2D eigenvalue weighted by Gasteiger charge is 2.59. The molecule has 0 N–H and O–H groups in total. The fourth-order valence-electron chi connectivity index (χ4n) is 6.43. The van der Waals surface area contributed by atoms with Crippen molar-refractivity contribution in [2.24, 2.45) is 11.3 Å². The van der Waals surface area contributed by atoms with Crippen molar-refractivity contribution in [3.05, 3.63) is 83.6 Å². The van der Waals surface area contributed by atoms with Crippen LogP contribution in [0.5, 0.6) is 0 Å². The SMILES string of the molecule is COC(=O)[C@@]12C[C@H](CC(=O)N3CCCCC3)C(=O)N(Cc3ccccc3)C1=C[C@@H](COCc1ccccc1)O[C@H]2C. The van der Waals surface area contributed by atoms with Crippen LogP contribution >= 0.6 is 0 Å². The first-order chi connectivity index (χ1) is 19.9. The average Bonchev–Trinajstić information content (AvgIpc) is 3.01. The van der Waals surface area contributed by atoms with Gasteiger partial charge in [-0.15, -0.1) is 0 Å². The number of benzene rings is 2. The maximum Gasteiger partial charge on any atom is 0.320 e. The number of methoxy groups -OCH3 is 1. The summed E-state index contributed by atoms with van der Waals surface area (Å²) >= 11 is 0. The zero-order valence-corrected chi connectivity index (χ0v) is 24.0. The highest BCUT2D eigenvalue weighted by Crippen LogP contribution is 2.50. The number of ether oxygens (including phenoxy) is 3. The molecule has 2 fully saturated rings. The molecule has 2 saturated heterocycles. The van der Waals surface area contributed by atoms with Crippen LogP contribution in [0.2, 0.25) is 0 Å². The fraction of sp³-hybridized carbons (Fsp3) is 0.485. The Kier molecular flexibility index (Phi) is 9.20. The van der Waals surface area contributed by atoms with Gasteiger partial charge in [-0.3, -0.25) is 14.4 Å². The summed E-state index contributed by atoms with van der Waals surface area (Å²) in [6.45, 7) is 4.25. The molecule has 8 heteroatoms. The minimum Gasteiger partial charge on any atom is -0.468 e. The van der Waals surface area contributed by atoms with Gasteiger partial charge in [-0.05, 0) is 49.8 Å². The summed E-state index contributed by atoms with van der Waals surface area (Å²) in [5.74, 6) is -1.31. The molecule has 0 bridgehead atoms. The second-order valence-electron chi connectivity index (χ2n) is 11.3. The van der Waals surface area contributed by atoms with Gasteiger partial charge in [-0.2, -0.15) is 0 Å². The number of likely N-dealkylation sites (tertiary alicyclic amines) is 2. The predicted octanol–water partition coefficient (Wildman–Crippen LogP) is 4.49. The third kappa shape index (κ3) is 6.23. The van der Waals surface area contributed by atoms with Crippen molar-refractivity contribution in [3.8, 4) is 0 Å². The molecule has 3 heterocycles. The van der Waals surface area contributed by atoms with Crippen LogP contribution in [0.3, 0.4) is 0 Å². The number of rotatable bonds is 9. The molecule has 0 saturated carbocycles. The largest absolute Gasteiger partial charge is 0.468 e. The Balaban J connectivity index is 1.46. The minimum atomic E-state index is -1.22. The fourth-order valence-corrected chi connectivity index (χ4v) is 6.43. The van der Waals surface area contributed by atoms with Gasteiger partial charge in [0.05, 0.1) is 33.0 Å². The van der Waals surface area contributed by atoms with Crippen LogP contribution in [0, 0.1) is 11.3 Å². The topological polar surface area (TPSA) is 85.4 Å². The maximum atomic E-state index is 14.2. The quantitative estimate of drug-likeness (QED) is 0.421. The standard InChI is InChI=1S/C33H40N2O6/c1-24-33(32(38)39-2)20-27(18-30(36)34-16-10-5-11-17-34)31(37)35(21-25-12-6-3-7-13-25)29(33)19-28(41-24)23-40-22-26-14-8-4-9-15-26/h3-4,6-9,12-15,19,24,27-28H,5,10-11,16-18,20-23H2,1-2H3/t24-,27-,28-,33+/m0/s1. The number of hydrogen-bond donors (Lipinski definition) is 0. The molecule has 0 radical (unpaired) electrons. The third-order valence-electron chi connectivity index (χ3n) is 8.60. The van der Waals surface area contributed by atoms with E-state index < -0.39 is 29.5 Å². The highest BCUT2D eigenvalue weighted by atomic mass is 16.5. The Morgan fingerprint density at radius 2 is 1.63 bits per heavy atom. The van der Waals surface area contributed by atoms with Gasteiger partial charge in [-0.25, -0.2) is 0 Å². The van der Waals surface area contributed by atoms with Crippen molar-refractivity contribution in [1.29, 1.82) is 0 Å². The molecule has 4 atom stereocenters. The van der Waals surface area contributed by atoms with Gasteiger partial charge in [0, 0.05) is 31.1 Å². The normalized spacial score (nSPS) is 26.2. The number of carbonyl (C=O) groups excluding carboxylic acids is 3. The number of fused-ring (bicyclic) bond motifs is 1. The lowest BCUT2D eigenvalue weighted by atomic mass is 9.66. The van der Waals surface area contributed by atoms with Crippen LogP contribution in [-0.4, -0.2) is 66.6 Å². The molecule has 8 nitrogen and oxygen atoms in total. The molecule has 0 aliphatic carbocycles. The van der Waals surface area contributed by atoms with E-state index in [0.717, 1.165) is 30.4 Å². The Labute approximate surface area is 242 Å². The molecule has 218 valence electrons. The molecule has 2 aromatic rings. The highest BCUT2D eigenvalue weighted by molar-refractivity contribution is 5.92. The van der Waals surface area contributed by atoms with Crippen LogP contribution in [0.4, 0.5) is 0 Å². The van der Waals surface area contributed by atoms with Crippen LogP contribution < -0.4 is 0 Å². The third-order valence-corrected chi connectivity index (χ3v) is 8.60. The zero-order chi connectivity index (χ0) is 28.8. The maximum absolute atomic E-state index is 14.2. The van der Waals surface area contributed by atoms with Gasteiger partial charge in [0.1, 0.15) is 11.5 Å². The Morgan fingerprint density at radius 1 is 0.976 bits per heavy atom. The number of nitrogens with zero attached hydrogens (tertiary/aromatic N) is 2. The number of piperidine rings is 2. The molecule has 3 aliphatic heterocycles. The smallest absolute Gasteiger partial charge is 0.320 e. The van der Waals surface area contributed by atoms with E-state index in [-0.39, 0.29) is 37.8 Å². The first-order valence-corrected chi connectivity index (χ1v) is 14.6. The van der Waals surface area contributed by atoms with Crippen molar-refractivity contribution < 1.29 is 28.6 Å². The van der Waals surface area contributed by atoms with E-state index in [1.807, 2.05) is 78.6 Å². The van der Waals surface area contributed by atoms with Crippen LogP contribution in [0.15, 0.2) is 72.4 Å². The van der Waals surface area contributed by atoms with E-state index in [9.17, 15) is 14.4 Å². The summed E-state index contributed by atoms with van der Waals surface area (Å²) < 4.78 is 17.8. The summed E-state index contributed by atoms with van der Waals surface area (Å²) in [6.07, 6.45) is 4.08. The first-order valence-electron chi connectivity index (χ1n) is 14.6. The lowest BCUT2D eigenvalue weighted by Gasteiger charge is -2.51. The summed E-state index contributed by atoms with van der Waals surface area (Å²) in [5.41, 5.74) is 1.33. The van der Waals surface area contributed by atoms with E-state index in [0.29, 0.717) is 25.4 Å². The molecule has 3 aliphatic rings. The van der Waals surface area contributed by atoms with E-state index >= 15 is 0 Å². The average molecular weight is 561 g/mol. The Morgan fingerprint density at radius 3 is 2.29 bits per heavy atom. The van der Waals surface area contributed by atoms with Gasteiger partial charge in [0.2, 0.25) is 11.8 Å². The first kappa shape index (κ1) is 29.0. The summed E-state index contributed by atoms with van der Waals surface area (Å²) in [7, 11) is 1.36. The Bertz CT molecular complexity index is 1240. The van der Waals surface area contributed by atoms with E-state index in [4.69, 9.17) is 14.2 Å². The van der Waals surface area contributed by atoms with Gasteiger partial charge in [0.25, 0.3) is 0 Å². The molecule has 41 heavy (non-hydrogen) atoms. The van der Waals surface area contributed by atoms with Gasteiger partial charge < -0.3 is 24.0 Å². The predicted molar refractivity (Wildman–Crippen MR) is 153 cm³/mol. The lowest BCUT2D eigenvalue weighted by molar-refractivity contribution is -0.178. The molecular formula is C33H40N2O6. The van der Waals surface area contributed by atoms with Crippen molar-refractivity contribution >= 4 is 17.8 Å². The van der Waals surface area contributed by atoms with Crippen molar-refractivity contribution in [3.63, 3.8) is 0 Å². The van der Waals surface area contributed by atoms with Crippen LogP contribution in [0.25, 0.3) is 0 Å². The number of amides is 2. The van der Waals surface area contributed by atoms with Crippen molar-refractivity contribution in [1.82, 2.24) is 9.80 Å². The second-order valence-corrected chi connectivity index (χ2v) is 11.3. The molecule has 0 aromatic heterocycles. The van der Waals surface area contributed by atoms with Gasteiger partial charge in [0.15, 0.2) is 0 Å². The molecule has 0 spiro atoms. The van der Waals surface area contributed by atoms with E-state index in [2.05, 4.69) is 0 Å². The van der Waals surface area contributed by atoms with E-state index in [1.165, 1.54) is 7.11 Å². The monoisotopic (exact) mass is 560 g/mol. The van der Waals surface area contributed by atoms with Crippen molar-refractivity contribution in [2.45, 2.75) is 64.4 Å².